The van der Waals surface area contributed by atoms with Gasteiger partial charge in [0, 0.05) is 38.6 Å². The van der Waals surface area contributed by atoms with E-state index < -0.39 is 0 Å². The van der Waals surface area contributed by atoms with Gasteiger partial charge in [-0.1, -0.05) is 0 Å². The smallest absolute Gasteiger partial charge is 0.227 e. The van der Waals surface area contributed by atoms with Crippen LogP contribution in [0.4, 0.5) is 5.95 Å². The lowest BCUT2D eigenvalue weighted by molar-refractivity contribution is -0.135. The number of hydrogen-bond acceptors (Lipinski definition) is 4. The molecule has 0 spiro atoms. The Bertz CT molecular complexity index is 405. The summed E-state index contributed by atoms with van der Waals surface area (Å²) in [6, 6.07) is 1.81. The van der Waals surface area contributed by atoms with Crippen LogP contribution in [0.15, 0.2) is 18.5 Å². The Morgan fingerprint density at radius 1 is 1.37 bits per heavy atom. The molecular formula is C14H22N4O. The van der Waals surface area contributed by atoms with E-state index in [1.807, 2.05) is 24.8 Å². The van der Waals surface area contributed by atoms with E-state index in [1.54, 1.807) is 12.4 Å². The zero-order valence-electron chi connectivity index (χ0n) is 11.7. The van der Waals surface area contributed by atoms with E-state index in [0.717, 1.165) is 45.0 Å². The molecular weight excluding hydrogens is 240 g/mol. The fraction of sp³-hybridized carbons (Fsp3) is 0.643. The Morgan fingerprint density at radius 2 is 2.05 bits per heavy atom. The quantitative estimate of drug-likeness (QED) is 0.826. The molecule has 0 saturated carbocycles. The largest absolute Gasteiger partial charge is 0.343 e. The Morgan fingerprint density at radius 3 is 2.68 bits per heavy atom. The summed E-state index contributed by atoms with van der Waals surface area (Å²) in [6.07, 6.45) is 5.49. The Labute approximate surface area is 114 Å². The highest BCUT2D eigenvalue weighted by atomic mass is 16.2. The minimum absolute atomic E-state index is 0.0810. The molecule has 1 aliphatic rings. The average molecular weight is 262 g/mol. The molecule has 1 saturated heterocycles. The molecule has 5 heteroatoms. The van der Waals surface area contributed by atoms with Gasteiger partial charge in [-0.2, -0.15) is 0 Å². The van der Waals surface area contributed by atoms with Gasteiger partial charge in [-0.25, -0.2) is 9.97 Å². The topological polar surface area (TPSA) is 49.3 Å². The first-order valence-corrected chi connectivity index (χ1v) is 7.07. The second-order valence-corrected chi connectivity index (χ2v) is 4.84. The van der Waals surface area contributed by atoms with E-state index in [0.29, 0.717) is 0 Å². The fourth-order valence-electron chi connectivity index (χ4n) is 2.61. The molecule has 1 aliphatic heterocycles. The summed E-state index contributed by atoms with van der Waals surface area (Å²) in [7, 11) is 0. The van der Waals surface area contributed by atoms with Gasteiger partial charge < -0.3 is 9.80 Å². The fourth-order valence-corrected chi connectivity index (χ4v) is 2.61. The second kappa shape index (κ2) is 6.50. The van der Waals surface area contributed by atoms with Gasteiger partial charge in [0.25, 0.3) is 0 Å². The average Bonchev–Trinajstić information content (AvgIpc) is 2.49. The van der Waals surface area contributed by atoms with Crippen molar-refractivity contribution >= 4 is 11.9 Å². The van der Waals surface area contributed by atoms with E-state index in [-0.39, 0.29) is 11.8 Å². The van der Waals surface area contributed by atoms with Crippen molar-refractivity contribution in [3.05, 3.63) is 18.5 Å². The molecule has 0 radical (unpaired) electrons. The highest BCUT2D eigenvalue weighted by molar-refractivity contribution is 5.79. The van der Waals surface area contributed by atoms with Gasteiger partial charge in [-0.05, 0) is 32.8 Å². The molecule has 0 aromatic carbocycles. The van der Waals surface area contributed by atoms with Crippen LogP contribution in [0.3, 0.4) is 0 Å². The molecule has 19 heavy (non-hydrogen) atoms. The predicted molar refractivity (Wildman–Crippen MR) is 74.9 cm³/mol. The van der Waals surface area contributed by atoms with Crippen molar-refractivity contribution in [1.29, 1.82) is 0 Å². The van der Waals surface area contributed by atoms with Gasteiger partial charge in [0.15, 0.2) is 0 Å². The molecule has 0 aliphatic carbocycles. The van der Waals surface area contributed by atoms with Crippen LogP contribution < -0.4 is 4.90 Å². The highest BCUT2D eigenvalue weighted by Crippen LogP contribution is 2.21. The number of aromatic nitrogens is 2. The van der Waals surface area contributed by atoms with Crippen LogP contribution in [0.5, 0.6) is 0 Å². The molecule has 104 valence electrons. The van der Waals surface area contributed by atoms with Crippen LogP contribution in [0, 0.1) is 5.92 Å². The monoisotopic (exact) mass is 262 g/mol. The molecule has 5 nitrogen and oxygen atoms in total. The minimum atomic E-state index is 0.0810. The van der Waals surface area contributed by atoms with E-state index in [9.17, 15) is 4.79 Å². The third kappa shape index (κ3) is 3.22. The lowest BCUT2D eigenvalue weighted by Crippen LogP contribution is -2.45. The highest BCUT2D eigenvalue weighted by Gasteiger charge is 2.29. The molecule has 2 heterocycles. The van der Waals surface area contributed by atoms with E-state index in [4.69, 9.17) is 0 Å². The van der Waals surface area contributed by atoms with E-state index in [1.165, 1.54) is 0 Å². The summed E-state index contributed by atoms with van der Waals surface area (Å²) in [5, 5.41) is 0. The summed E-state index contributed by atoms with van der Waals surface area (Å²) in [6.45, 7) is 7.30. The molecule has 1 atom stereocenters. The van der Waals surface area contributed by atoms with Gasteiger partial charge in [0.1, 0.15) is 0 Å². The summed E-state index contributed by atoms with van der Waals surface area (Å²) >= 11 is 0. The Hall–Kier alpha value is -1.65. The third-order valence-electron chi connectivity index (χ3n) is 3.68. The van der Waals surface area contributed by atoms with Crippen molar-refractivity contribution in [3.63, 3.8) is 0 Å². The Kier molecular flexibility index (Phi) is 4.71. The summed E-state index contributed by atoms with van der Waals surface area (Å²) in [5.74, 6) is 1.09. The summed E-state index contributed by atoms with van der Waals surface area (Å²) in [5.41, 5.74) is 0. The first-order valence-electron chi connectivity index (χ1n) is 7.07. The molecule has 1 aromatic rings. The SMILES string of the molecule is CCN(CC)C(=O)C1CCCN(c2ncccn2)C1. The standard InChI is InChI=1S/C14H22N4O/c1-3-17(4-2)13(19)12-7-5-10-18(11-12)14-15-8-6-9-16-14/h6,8-9,12H,3-5,7,10-11H2,1-2H3. The number of anilines is 1. The molecule has 1 unspecified atom stereocenters. The number of amides is 1. The van der Waals surface area contributed by atoms with E-state index >= 15 is 0 Å². The van der Waals surface area contributed by atoms with Gasteiger partial charge in [0.05, 0.1) is 5.92 Å². The number of piperidine rings is 1. The maximum atomic E-state index is 12.4. The number of hydrogen-bond donors (Lipinski definition) is 0. The van der Waals surface area contributed by atoms with Gasteiger partial charge in [0.2, 0.25) is 11.9 Å². The summed E-state index contributed by atoms with van der Waals surface area (Å²) < 4.78 is 0. The molecule has 1 amide bonds. The van der Waals surface area contributed by atoms with Crippen LogP contribution in [0.25, 0.3) is 0 Å². The van der Waals surface area contributed by atoms with Crippen LogP contribution in [-0.4, -0.2) is 47.0 Å². The van der Waals surface area contributed by atoms with E-state index in [2.05, 4.69) is 14.9 Å². The molecule has 0 bridgehead atoms. The lowest BCUT2D eigenvalue weighted by Gasteiger charge is -2.34. The second-order valence-electron chi connectivity index (χ2n) is 4.84. The Balaban J connectivity index is 2.03. The zero-order valence-corrected chi connectivity index (χ0v) is 11.7. The molecule has 1 aromatic heterocycles. The maximum absolute atomic E-state index is 12.4. The van der Waals surface area contributed by atoms with Crippen molar-refractivity contribution in [2.45, 2.75) is 26.7 Å². The van der Waals surface area contributed by atoms with Crippen LogP contribution >= 0.6 is 0 Å². The minimum Gasteiger partial charge on any atom is -0.343 e. The van der Waals surface area contributed by atoms with Gasteiger partial charge in [-0.15, -0.1) is 0 Å². The normalized spacial score (nSPS) is 19.3. The van der Waals surface area contributed by atoms with Crippen molar-refractivity contribution < 1.29 is 4.79 Å². The predicted octanol–water partition coefficient (Wildman–Crippen LogP) is 1.56. The van der Waals surface area contributed by atoms with Gasteiger partial charge in [-0.3, -0.25) is 4.79 Å². The maximum Gasteiger partial charge on any atom is 0.227 e. The number of nitrogens with zero attached hydrogens (tertiary/aromatic N) is 4. The molecule has 1 fully saturated rings. The van der Waals surface area contributed by atoms with Crippen LogP contribution in [0.1, 0.15) is 26.7 Å². The number of carbonyl (C=O) groups is 1. The van der Waals surface area contributed by atoms with Crippen molar-refractivity contribution in [1.82, 2.24) is 14.9 Å². The zero-order chi connectivity index (χ0) is 13.7. The van der Waals surface area contributed by atoms with Crippen molar-refractivity contribution in [2.24, 2.45) is 5.92 Å². The van der Waals surface area contributed by atoms with Gasteiger partial charge >= 0.3 is 0 Å². The molecule has 0 N–H and O–H groups in total. The first-order chi connectivity index (χ1) is 9.26. The summed E-state index contributed by atoms with van der Waals surface area (Å²) in [4.78, 5) is 25.0. The third-order valence-corrected chi connectivity index (χ3v) is 3.68. The molecule has 2 rings (SSSR count). The lowest BCUT2D eigenvalue weighted by atomic mass is 9.96. The van der Waals surface area contributed by atoms with Crippen molar-refractivity contribution in [3.8, 4) is 0 Å². The van der Waals surface area contributed by atoms with Crippen molar-refractivity contribution in [2.75, 3.05) is 31.1 Å². The van der Waals surface area contributed by atoms with Crippen LogP contribution in [0.2, 0.25) is 0 Å². The number of carbonyl (C=O) groups excluding carboxylic acids is 1. The van der Waals surface area contributed by atoms with Crippen LogP contribution in [-0.2, 0) is 4.79 Å². The number of rotatable bonds is 4. The first kappa shape index (κ1) is 13.8.